The summed E-state index contributed by atoms with van der Waals surface area (Å²) < 4.78 is 0. The third-order valence-electron chi connectivity index (χ3n) is 4.88. The monoisotopic (exact) mass is 453 g/mol. The molecular formula is C21H22Cl3N3O2. The van der Waals surface area contributed by atoms with Gasteiger partial charge in [-0.2, -0.15) is 0 Å². The summed E-state index contributed by atoms with van der Waals surface area (Å²) in [6, 6.07) is 8.67. The lowest BCUT2D eigenvalue weighted by Gasteiger charge is -2.34. The highest BCUT2D eigenvalue weighted by atomic mass is 35.5. The van der Waals surface area contributed by atoms with Crippen molar-refractivity contribution in [3.05, 3.63) is 62.1 Å². The zero-order valence-corrected chi connectivity index (χ0v) is 18.5. The van der Waals surface area contributed by atoms with Gasteiger partial charge in [-0.15, -0.1) is 0 Å². The van der Waals surface area contributed by atoms with Gasteiger partial charge < -0.3 is 10.2 Å². The molecule has 0 radical (unpaired) electrons. The minimum absolute atomic E-state index is 0.126. The van der Waals surface area contributed by atoms with Crippen LogP contribution in [0.25, 0.3) is 0 Å². The van der Waals surface area contributed by atoms with E-state index in [9.17, 15) is 9.59 Å². The Morgan fingerprint density at radius 3 is 2.28 bits per heavy atom. The zero-order chi connectivity index (χ0) is 21.1. The number of benzene rings is 2. The van der Waals surface area contributed by atoms with Crippen molar-refractivity contribution < 1.29 is 9.59 Å². The maximum atomic E-state index is 12.7. The van der Waals surface area contributed by atoms with Gasteiger partial charge in [0.15, 0.2) is 0 Å². The van der Waals surface area contributed by atoms with E-state index < -0.39 is 0 Å². The number of nitrogens with one attached hydrogen (secondary N) is 1. The van der Waals surface area contributed by atoms with Gasteiger partial charge in [0, 0.05) is 31.2 Å². The molecule has 1 aliphatic heterocycles. The molecule has 0 unspecified atom stereocenters. The van der Waals surface area contributed by atoms with Gasteiger partial charge in [0.1, 0.15) is 0 Å². The molecule has 2 aromatic rings. The van der Waals surface area contributed by atoms with Gasteiger partial charge in [-0.1, -0.05) is 40.9 Å². The standard InChI is InChI=1S/C21H22Cl3N3O2/c1-13-9-14(2)20(18(24)10-13)25-19(28)12-26-5-7-27(8-6-26)21(29)16-4-3-15(22)11-17(16)23/h3-4,9-11H,5-8,12H2,1-2H3,(H,25,28). The molecule has 1 N–H and O–H groups in total. The number of piperazine rings is 1. The Morgan fingerprint density at radius 2 is 1.66 bits per heavy atom. The predicted octanol–water partition coefficient (Wildman–Crippen LogP) is 4.66. The number of nitrogens with zero attached hydrogens (tertiary/aromatic N) is 2. The lowest BCUT2D eigenvalue weighted by atomic mass is 10.1. The van der Waals surface area contributed by atoms with Crippen molar-refractivity contribution in [2.45, 2.75) is 13.8 Å². The van der Waals surface area contributed by atoms with Crippen molar-refractivity contribution in [2.75, 3.05) is 38.0 Å². The molecule has 2 amide bonds. The molecule has 154 valence electrons. The first-order valence-corrected chi connectivity index (χ1v) is 10.4. The molecule has 1 saturated heterocycles. The van der Waals surface area contributed by atoms with E-state index in [0.29, 0.717) is 52.5 Å². The number of rotatable bonds is 4. The van der Waals surface area contributed by atoms with E-state index in [1.165, 1.54) is 0 Å². The minimum atomic E-state index is -0.127. The van der Waals surface area contributed by atoms with Crippen LogP contribution in [0, 0.1) is 13.8 Å². The first kappa shape index (κ1) is 21.9. The van der Waals surface area contributed by atoms with Crippen LogP contribution in [0.4, 0.5) is 5.69 Å². The van der Waals surface area contributed by atoms with Crippen LogP contribution in [-0.2, 0) is 4.79 Å². The average Bonchev–Trinajstić information content (AvgIpc) is 2.65. The Morgan fingerprint density at radius 1 is 0.966 bits per heavy atom. The summed E-state index contributed by atoms with van der Waals surface area (Å²) >= 11 is 18.3. The van der Waals surface area contributed by atoms with E-state index in [2.05, 4.69) is 5.32 Å². The van der Waals surface area contributed by atoms with Crippen LogP contribution in [0.2, 0.25) is 15.1 Å². The van der Waals surface area contributed by atoms with Crippen molar-refractivity contribution in [1.82, 2.24) is 9.80 Å². The number of carbonyl (C=O) groups is 2. The Kier molecular flexibility index (Phi) is 7.06. The van der Waals surface area contributed by atoms with E-state index >= 15 is 0 Å². The lowest BCUT2D eigenvalue weighted by molar-refractivity contribution is -0.117. The largest absolute Gasteiger partial charge is 0.336 e. The first-order chi connectivity index (χ1) is 13.7. The summed E-state index contributed by atoms with van der Waals surface area (Å²) in [7, 11) is 0. The summed E-state index contributed by atoms with van der Waals surface area (Å²) in [6.07, 6.45) is 0. The lowest BCUT2D eigenvalue weighted by Crippen LogP contribution is -2.50. The summed E-state index contributed by atoms with van der Waals surface area (Å²) in [5.74, 6) is -0.253. The van der Waals surface area contributed by atoms with Gasteiger partial charge in [-0.25, -0.2) is 0 Å². The van der Waals surface area contributed by atoms with Crippen molar-refractivity contribution >= 4 is 52.3 Å². The highest BCUT2D eigenvalue weighted by Crippen LogP contribution is 2.27. The zero-order valence-electron chi connectivity index (χ0n) is 16.3. The number of anilines is 1. The van der Waals surface area contributed by atoms with E-state index in [4.69, 9.17) is 34.8 Å². The Balaban J connectivity index is 1.54. The molecule has 1 aliphatic rings. The van der Waals surface area contributed by atoms with Crippen molar-refractivity contribution in [3.8, 4) is 0 Å². The van der Waals surface area contributed by atoms with Crippen molar-refractivity contribution in [2.24, 2.45) is 0 Å². The van der Waals surface area contributed by atoms with Crippen LogP contribution in [0.1, 0.15) is 21.5 Å². The van der Waals surface area contributed by atoms with Gasteiger partial charge in [0.2, 0.25) is 5.91 Å². The molecule has 5 nitrogen and oxygen atoms in total. The fourth-order valence-electron chi connectivity index (χ4n) is 3.40. The molecule has 0 spiro atoms. The second-order valence-corrected chi connectivity index (χ2v) is 8.43. The molecule has 8 heteroatoms. The fourth-order valence-corrected chi connectivity index (χ4v) is 4.26. The van der Waals surface area contributed by atoms with Gasteiger partial charge in [-0.3, -0.25) is 14.5 Å². The molecule has 0 aliphatic carbocycles. The third kappa shape index (κ3) is 5.43. The highest BCUT2D eigenvalue weighted by molar-refractivity contribution is 6.36. The predicted molar refractivity (Wildman–Crippen MR) is 118 cm³/mol. The first-order valence-electron chi connectivity index (χ1n) is 9.28. The molecule has 1 fully saturated rings. The van der Waals surface area contributed by atoms with E-state index in [1.807, 2.05) is 30.9 Å². The molecule has 0 aromatic heterocycles. The summed E-state index contributed by atoms with van der Waals surface area (Å²) in [5.41, 5.74) is 3.06. The Labute approximate surface area is 185 Å². The van der Waals surface area contributed by atoms with Crippen molar-refractivity contribution in [1.29, 1.82) is 0 Å². The van der Waals surface area contributed by atoms with Crippen LogP contribution in [0.3, 0.4) is 0 Å². The number of hydrogen-bond acceptors (Lipinski definition) is 3. The number of halogens is 3. The molecular weight excluding hydrogens is 433 g/mol. The third-order valence-corrected chi connectivity index (χ3v) is 5.73. The molecule has 0 saturated carbocycles. The van der Waals surface area contributed by atoms with E-state index in [1.54, 1.807) is 23.1 Å². The summed E-state index contributed by atoms with van der Waals surface area (Å²) in [6.45, 7) is 6.37. The van der Waals surface area contributed by atoms with Crippen LogP contribution < -0.4 is 5.32 Å². The number of carbonyl (C=O) groups excluding carboxylic acids is 2. The molecule has 3 rings (SSSR count). The molecule has 2 aromatic carbocycles. The van der Waals surface area contributed by atoms with Gasteiger partial charge >= 0.3 is 0 Å². The van der Waals surface area contributed by atoms with Crippen LogP contribution in [-0.4, -0.2) is 54.3 Å². The maximum absolute atomic E-state index is 12.7. The van der Waals surface area contributed by atoms with Crippen molar-refractivity contribution in [3.63, 3.8) is 0 Å². The Bertz CT molecular complexity index is 918. The van der Waals surface area contributed by atoms with E-state index in [0.717, 1.165) is 11.1 Å². The Hall–Kier alpha value is -1.79. The van der Waals surface area contributed by atoms with Crippen LogP contribution >= 0.6 is 34.8 Å². The SMILES string of the molecule is Cc1cc(C)c(NC(=O)CN2CCN(C(=O)c3ccc(Cl)cc3Cl)CC2)c(Cl)c1. The molecule has 1 heterocycles. The second kappa shape index (κ2) is 9.35. The highest BCUT2D eigenvalue weighted by Gasteiger charge is 2.25. The molecule has 29 heavy (non-hydrogen) atoms. The smallest absolute Gasteiger partial charge is 0.255 e. The van der Waals surface area contributed by atoms with Gasteiger partial charge in [-0.05, 0) is 49.2 Å². The minimum Gasteiger partial charge on any atom is -0.336 e. The van der Waals surface area contributed by atoms with Gasteiger partial charge in [0.25, 0.3) is 5.91 Å². The number of amides is 2. The summed E-state index contributed by atoms with van der Waals surface area (Å²) in [5, 5.41) is 4.27. The normalized spacial score (nSPS) is 14.7. The number of aryl methyl sites for hydroxylation is 2. The average molecular weight is 455 g/mol. The quantitative estimate of drug-likeness (QED) is 0.731. The maximum Gasteiger partial charge on any atom is 0.255 e. The second-order valence-electron chi connectivity index (χ2n) is 7.18. The van der Waals surface area contributed by atoms with Gasteiger partial charge in [0.05, 0.1) is 27.8 Å². The topological polar surface area (TPSA) is 52.7 Å². The van der Waals surface area contributed by atoms with E-state index in [-0.39, 0.29) is 18.4 Å². The summed E-state index contributed by atoms with van der Waals surface area (Å²) in [4.78, 5) is 28.9. The van der Waals surface area contributed by atoms with Crippen LogP contribution in [0.15, 0.2) is 30.3 Å². The molecule has 0 bridgehead atoms. The molecule has 0 atom stereocenters. The number of hydrogen-bond donors (Lipinski definition) is 1. The fraction of sp³-hybridized carbons (Fsp3) is 0.333. The van der Waals surface area contributed by atoms with Crippen LogP contribution in [0.5, 0.6) is 0 Å².